The van der Waals surface area contributed by atoms with Gasteiger partial charge in [0.05, 0.1) is 5.60 Å². The molecule has 1 saturated carbocycles. The minimum Gasteiger partial charge on any atom is -0.375 e. The maximum atomic E-state index is 6.06. The summed E-state index contributed by atoms with van der Waals surface area (Å²) in [4.78, 5) is 2.50. The zero-order valence-electron chi connectivity index (χ0n) is 10.6. The van der Waals surface area contributed by atoms with Crippen LogP contribution in [0.2, 0.25) is 0 Å². The van der Waals surface area contributed by atoms with Crippen molar-refractivity contribution in [2.24, 2.45) is 5.73 Å². The quantitative estimate of drug-likeness (QED) is 0.794. The minimum atomic E-state index is 0.250. The molecule has 1 heterocycles. The molecular formula is C13H26N2O. The van der Waals surface area contributed by atoms with Crippen LogP contribution >= 0.6 is 0 Å². The normalized spacial score (nSPS) is 29.1. The molecule has 0 aromatic carbocycles. The van der Waals surface area contributed by atoms with E-state index in [9.17, 15) is 0 Å². The van der Waals surface area contributed by atoms with Crippen LogP contribution in [0.5, 0.6) is 0 Å². The maximum absolute atomic E-state index is 6.06. The number of nitrogens with zero attached hydrogens (tertiary/aromatic N) is 1. The fraction of sp³-hybridized carbons (Fsp3) is 1.00. The van der Waals surface area contributed by atoms with Gasteiger partial charge in [-0.2, -0.15) is 0 Å². The van der Waals surface area contributed by atoms with Crippen LogP contribution in [0.15, 0.2) is 0 Å². The molecule has 1 unspecified atom stereocenters. The van der Waals surface area contributed by atoms with Crippen molar-refractivity contribution in [3.05, 3.63) is 0 Å². The van der Waals surface area contributed by atoms with E-state index in [-0.39, 0.29) is 5.60 Å². The minimum absolute atomic E-state index is 0.250. The molecule has 0 amide bonds. The maximum Gasteiger partial charge on any atom is 0.0697 e. The van der Waals surface area contributed by atoms with Crippen LogP contribution in [0.25, 0.3) is 0 Å². The Morgan fingerprint density at radius 2 is 2.12 bits per heavy atom. The molecule has 3 nitrogen and oxygen atoms in total. The molecule has 0 aromatic heterocycles. The molecule has 0 radical (unpaired) electrons. The van der Waals surface area contributed by atoms with E-state index in [4.69, 9.17) is 10.5 Å². The lowest BCUT2D eigenvalue weighted by Gasteiger charge is -2.42. The van der Waals surface area contributed by atoms with Crippen molar-refractivity contribution < 1.29 is 4.74 Å². The van der Waals surface area contributed by atoms with Crippen molar-refractivity contribution in [2.45, 2.75) is 56.6 Å². The molecule has 1 atom stereocenters. The molecule has 2 aliphatic rings. The average molecular weight is 226 g/mol. The molecule has 1 spiro atoms. The van der Waals surface area contributed by atoms with Crippen LogP contribution < -0.4 is 5.73 Å². The summed E-state index contributed by atoms with van der Waals surface area (Å²) >= 11 is 0. The Balaban J connectivity index is 1.85. The van der Waals surface area contributed by atoms with Crippen molar-refractivity contribution in [2.75, 3.05) is 26.7 Å². The van der Waals surface area contributed by atoms with Crippen molar-refractivity contribution in [1.29, 1.82) is 0 Å². The molecule has 2 N–H and O–H groups in total. The number of ether oxygens (including phenoxy) is 1. The predicted molar refractivity (Wildman–Crippen MR) is 66.5 cm³/mol. The van der Waals surface area contributed by atoms with Gasteiger partial charge >= 0.3 is 0 Å². The first kappa shape index (κ1) is 12.3. The van der Waals surface area contributed by atoms with E-state index in [0.29, 0.717) is 0 Å². The second kappa shape index (κ2) is 5.48. The second-order valence-electron chi connectivity index (χ2n) is 5.51. The average Bonchev–Trinajstić information content (AvgIpc) is 2.74. The molecule has 16 heavy (non-hydrogen) atoms. The van der Waals surface area contributed by atoms with Gasteiger partial charge in [0.25, 0.3) is 0 Å². The molecule has 2 fully saturated rings. The van der Waals surface area contributed by atoms with Crippen LogP contribution in [0, 0.1) is 0 Å². The summed E-state index contributed by atoms with van der Waals surface area (Å²) in [5.74, 6) is 0. The third kappa shape index (κ3) is 2.76. The predicted octanol–water partition coefficient (Wildman–Crippen LogP) is 1.76. The van der Waals surface area contributed by atoms with Gasteiger partial charge in [-0.15, -0.1) is 0 Å². The number of nitrogens with two attached hydrogens (primary N) is 1. The molecule has 94 valence electrons. The summed E-state index contributed by atoms with van der Waals surface area (Å²) in [6.45, 7) is 2.90. The first-order valence-electron chi connectivity index (χ1n) is 6.80. The zero-order valence-corrected chi connectivity index (χ0v) is 10.6. The molecule has 0 bridgehead atoms. The van der Waals surface area contributed by atoms with Crippen LogP contribution in [-0.4, -0.2) is 43.3 Å². The SMILES string of the molecule is CN(CCCN)C1CCOC2(CCCC2)C1. The standard InChI is InChI=1S/C13H26N2O/c1-15(9-4-8-14)12-5-10-16-13(11-12)6-2-3-7-13/h12H,2-11,14H2,1H3. The van der Waals surface area contributed by atoms with Gasteiger partial charge in [-0.25, -0.2) is 0 Å². The molecule has 1 aliphatic carbocycles. The highest BCUT2D eigenvalue weighted by atomic mass is 16.5. The van der Waals surface area contributed by atoms with Crippen LogP contribution in [0.3, 0.4) is 0 Å². The van der Waals surface area contributed by atoms with E-state index >= 15 is 0 Å². The number of hydrogen-bond donors (Lipinski definition) is 1. The van der Waals surface area contributed by atoms with Crippen LogP contribution in [0.4, 0.5) is 0 Å². The summed E-state index contributed by atoms with van der Waals surface area (Å²) in [6, 6.07) is 0.721. The first-order chi connectivity index (χ1) is 7.76. The topological polar surface area (TPSA) is 38.5 Å². The monoisotopic (exact) mass is 226 g/mol. The summed E-state index contributed by atoms with van der Waals surface area (Å²) in [5, 5.41) is 0. The highest BCUT2D eigenvalue weighted by Crippen LogP contribution is 2.40. The third-order valence-corrected chi connectivity index (χ3v) is 4.32. The van der Waals surface area contributed by atoms with Gasteiger partial charge in [0, 0.05) is 12.6 Å². The number of hydrogen-bond acceptors (Lipinski definition) is 3. The fourth-order valence-electron chi connectivity index (χ4n) is 3.27. The Morgan fingerprint density at radius 1 is 1.38 bits per heavy atom. The van der Waals surface area contributed by atoms with Crippen molar-refractivity contribution in [3.63, 3.8) is 0 Å². The smallest absolute Gasteiger partial charge is 0.0697 e. The summed E-state index contributed by atoms with van der Waals surface area (Å²) in [7, 11) is 2.24. The largest absolute Gasteiger partial charge is 0.375 e. The number of rotatable bonds is 4. The van der Waals surface area contributed by atoms with Gasteiger partial charge in [-0.1, -0.05) is 12.8 Å². The van der Waals surface area contributed by atoms with Gasteiger partial charge in [0.1, 0.15) is 0 Å². The van der Waals surface area contributed by atoms with E-state index in [1.54, 1.807) is 0 Å². The van der Waals surface area contributed by atoms with E-state index < -0.39 is 0 Å². The van der Waals surface area contributed by atoms with E-state index in [1.165, 1.54) is 38.5 Å². The van der Waals surface area contributed by atoms with Gasteiger partial charge in [-0.3, -0.25) is 0 Å². The Labute approximate surface area is 99.3 Å². The Morgan fingerprint density at radius 3 is 2.81 bits per heavy atom. The lowest BCUT2D eigenvalue weighted by atomic mass is 9.88. The highest BCUT2D eigenvalue weighted by Gasteiger charge is 2.40. The van der Waals surface area contributed by atoms with Gasteiger partial charge in [0.2, 0.25) is 0 Å². The second-order valence-corrected chi connectivity index (χ2v) is 5.51. The van der Waals surface area contributed by atoms with Crippen molar-refractivity contribution in [1.82, 2.24) is 4.90 Å². The Bertz CT molecular complexity index is 214. The zero-order chi connectivity index (χ0) is 11.4. The highest BCUT2D eigenvalue weighted by molar-refractivity contribution is 4.93. The van der Waals surface area contributed by atoms with Crippen molar-refractivity contribution in [3.8, 4) is 0 Å². The van der Waals surface area contributed by atoms with Crippen LogP contribution in [-0.2, 0) is 4.74 Å². The van der Waals surface area contributed by atoms with E-state index in [1.807, 2.05) is 0 Å². The molecule has 2 rings (SSSR count). The lowest BCUT2D eigenvalue weighted by Crippen LogP contribution is -2.46. The third-order valence-electron chi connectivity index (χ3n) is 4.32. The fourth-order valence-corrected chi connectivity index (χ4v) is 3.27. The first-order valence-corrected chi connectivity index (χ1v) is 6.80. The molecule has 1 aliphatic heterocycles. The van der Waals surface area contributed by atoms with Crippen LogP contribution in [0.1, 0.15) is 44.9 Å². The van der Waals surface area contributed by atoms with Crippen molar-refractivity contribution >= 4 is 0 Å². The van der Waals surface area contributed by atoms with Gasteiger partial charge < -0.3 is 15.4 Å². The summed E-state index contributed by atoms with van der Waals surface area (Å²) in [5.41, 5.74) is 5.82. The summed E-state index contributed by atoms with van der Waals surface area (Å²) < 4.78 is 6.06. The molecule has 1 saturated heterocycles. The Hall–Kier alpha value is -0.120. The van der Waals surface area contributed by atoms with E-state index in [0.717, 1.165) is 32.2 Å². The molecule has 0 aromatic rings. The van der Waals surface area contributed by atoms with Gasteiger partial charge in [-0.05, 0) is 52.2 Å². The molecule has 3 heteroatoms. The van der Waals surface area contributed by atoms with Gasteiger partial charge in [0.15, 0.2) is 0 Å². The van der Waals surface area contributed by atoms with E-state index in [2.05, 4.69) is 11.9 Å². The summed E-state index contributed by atoms with van der Waals surface area (Å²) in [6.07, 6.45) is 8.85. The lowest BCUT2D eigenvalue weighted by molar-refractivity contribution is -0.0987. The Kier molecular flexibility index (Phi) is 4.22. The molecular weight excluding hydrogens is 200 g/mol.